The molecule has 2 aromatic heterocycles. The number of halogens is 1. The maximum atomic E-state index is 12.1. The smallest absolute Gasteiger partial charge is 0.409 e. The van der Waals surface area contributed by atoms with Crippen LogP contribution in [0.15, 0.2) is 24.3 Å². The van der Waals surface area contributed by atoms with Crippen LogP contribution in [0.2, 0.25) is 5.28 Å². The van der Waals surface area contributed by atoms with Crippen molar-refractivity contribution in [2.45, 2.75) is 33.6 Å². The lowest BCUT2D eigenvalue weighted by atomic mass is 9.97. The first kappa shape index (κ1) is 21.8. The van der Waals surface area contributed by atoms with Crippen LogP contribution in [0.5, 0.6) is 0 Å². The van der Waals surface area contributed by atoms with E-state index in [1.54, 1.807) is 16.2 Å². The number of thiophene rings is 1. The highest BCUT2D eigenvalue weighted by molar-refractivity contribution is 7.19. The average Bonchev–Trinajstić information content (AvgIpc) is 3.09. The minimum atomic E-state index is -0.259. The summed E-state index contributed by atoms with van der Waals surface area (Å²) in [5, 5.41) is 1.28. The van der Waals surface area contributed by atoms with E-state index < -0.39 is 0 Å². The molecular weight excluding hydrogens is 432 g/mol. The molecular formula is C23H27ClN4O2S. The van der Waals surface area contributed by atoms with Crippen LogP contribution in [0.1, 0.15) is 37.1 Å². The van der Waals surface area contributed by atoms with Crippen LogP contribution in [-0.2, 0) is 4.74 Å². The van der Waals surface area contributed by atoms with Gasteiger partial charge in [-0.3, -0.25) is 0 Å². The van der Waals surface area contributed by atoms with Crippen molar-refractivity contribution in [3.63, 3.8) is 0 Å². The Morgan fingerprint density at radius 2 is 1.84 bits per heavy atom. The lowest BCUT2D eigenvalue weighted by molar-refractivity contribution is 0.105. The minimum Gasteiger partial charge on any atom is -0.450 e. The molecule has 1 aliphatic rings. The Bertz CT molecular complexity index is 1090. The Kier molecular flexibility index (Phi) is 6.34. The van der Waals surface area contributed by atoms with E-state index in [4.69, 9.17) is 16.3 Å². The van der Waals surface area contributed by atoms with Gasteiger partial charge in [0.05, 0.1) is 12.0 Å². The van der Waals surface area contributed by atoms with Gasteiger partial charge in [0.25, 0.3) is 0 Å². The summed E-state index contributed by atoms with van der Waals surface area (Å²) in [5.74, 6) is 1.33. The van der Waals surface area contributed by atoms with Gasteiger partial charge in [-0.15, -0.1) is 11.3 Å². The number of carbonyl (C=O) groups excluding carboxylic acids is 1. The van der Waals surface area contributed by atoms with Crippen LogP contribution in [0, 0.1) is 6.92 Å². The number of aryl methyl sites for hydroxylation is 1. The summed E-state index contributed by atoms with van der Waals surface area (Å²) in [6, 6.07) is 8.75. The van der Waals surface area contributed by atoms with Crippen molar-refractivity contribution in [2.24, 2.45) is 0 Å². The van der Waals surface area contributed by atoms with Gasteiger partial charge in [0.1, 0.15) is 10.6 Å². The van der Waals surface area contributed by atoms with Crippen LogP contribution in [-0.4, -0.2) is 53.7 Å². The molecule has 3 aromatic rings. The second kappa shape index (κ2) is 9.01. The number of rotatable bonds is 4. The quantitative estimate of drug-likeness (QED) is 0.468. The average molecular weight is 459 g/mol. The van der Waals surface area contributed by atoms with Gasteiger partial charge >= 0.3 is 6.09 Å². The van der Waals surface area contributed by atoms with Crippen LogP contribution in [0.4, 0.5) is 10.6 Å². The minimum absolute atomic E-state index is 0.248. The molecule has 1 amide bonds. The second-order valence-corrected chi connectivity index (χ2v) is 9.52. The van der Waals surface area contributed by atoms with Gasteiger partial charge in [0.2, 0.25) is 5.28 Å². The highest BCUT2D eigenvalue weighted by Gasteiger charge is 2.27. The first-order valence-electron chi connectivity index (χ1n) is 10.6. The molecule has 1 fully saturated rings. The van der Waals surface area contributed by atoms with E-state index in [0.717, 1.165) is 27.2 Å². The predicted octanol–water partition coefficient (Wildman–Crippen LogP) is 5.72. The van der Waals surface area contributed by atoms with Crippen molar-refractivity contribution in [1.82, 2.24) is 14.9 Å². The molecule has 0 N–H and O–H groups in total. The van der Waals surface area contributed by atoms with E-state index in [0.29, 0.717) is 38.7 Å². The van der Waals surface area contributed by atoms with Crippen LogP contribution >= 0.6 is 22.9 Å². The number of fused-ring (bicyclic) bond motifs is 1. The van der Waals surface area contributed by atoms with Gasteiger partial charge in [0, 0.05) is 36.6 Å². The van der Waals surface area contributed by atoms with Gasteiger partial charge in [0.15, 0.2) is 0 Å². The summed E-state index contributed by atoms with van der Waals surface area (Å²) in [4.78, 5) is 27.2. The highest BCUT2D eigenvalue weighted by atomic mass is 35.5. The van der Waals surface area contributed by atoms with Crippen molar-refractivity contribution in [2.75, 3.05) is 37.7 Å². The van der Waals surface area contributed by atoms with Gasteiger partial charge in [-0.05, 0) is 42.5 Å². The van der Waals surface area contributed by atoms with Crippen molar-refractivity contribution in [3.8, 4) is 11.1 Å². The predicted molar refractivity (Wildman–Crippen MR) is 127 cm³/mol. The molecule has 31 heavy (non-hydrogen) atoms. The summed E-state index contributed by atoms with van der Waals surface area (Å²) in [6.07, 6.45) is -0.259. The maximum absolute atomic E-state index is 12.1. The number of ether oxygens (including phenoxy) is 1. The number of carbonyl (C=O) groups is 1. The molecule has 164 valence electrons. The molecule has 0 aliphatic carbocycles. The topological polar surface area (TPSA) is 58.6 Å². The third-order valence-corrected chi connectivity index (χ3v) is 6.82. The van der Waals surface area contributed by atoms with E-state index in [1.165, 1.54) is 10.4 Å². The first-order chi connectivity index (χ1) is 14.9. The molecule has 1 aliphatic heterocycles. The maximum Gasteiger partial charge on any atom is 0.409 e. The number of aromatic nitrogens is 2. The van der Waals surface area contributed by atoms with E-state index in [-0.39, 0.29) is 11.4 Å². The number of hydrogen-bond acceptors (Lipinski definition) is 6. The van der Waals surface area contributed by atoms with Crippen molar-refractivity contribution in [3.05, 3.63) is 40.0 Å². The molecule has 0 radical (unpaired) electrons. The summed E-state index contributed by atoms with van der Waals surface area (Å²) >= 11 is 7.94. The number of benzene rings is 1. The largest absolute Gasteiger partial charge is 0.450 e. The van der Waals surface area contributed by atoms with Crippen molar-refractivity contribution < 1.29 is 9.53 Å². The second-order valence-electron chi connectivity index (χ2n) is 7.98. The molecule has 0 unspecified atom stereocenters. The molecule has 6 nitrogen and oxygen atoms in total. The molecule has 0 atom stereocenters. The fraction of sp³-hybridized carbons (Fsp3) is 0.435. The summed E-state index contributed by atoms with van der Waals surface area (Å²) in [5.41, 5.74) is 3.64. The monoisotopic (exact) mass is 458 g/mol. The van der Waals surface area contributed by atoms with E-state index in [1.807, 2.05) is 6.92 Å². The van der Waals surface area contributed by atoms with Crippen LogP contribution in [0.25, 0.3) is 21.3 Å². The zero-order chi connectivity index (χ0) is 22.1. The molecule has 0 saturated carbocycles. The molecule has 3 heterocycles. The van der Waals surface area contributed by atoms with Crippen molar-refractivity contribution >= 4 is 45.1 Å². The van der Waals surface area contributed by atoms with E-state index >= 15 is 0 Å². The van der Waals surface area contributed by atoms with E-state index in [9.17, 15) is 4.79 Å². The molecule has 0 spiro atoms. The normalized spacial score (nSPS) is 14.5. The van der Waals surface area contributed by atoms with E-state index in [2.05, 4.69) is 59.9 Å². The number of piperazine rings is 1. The number of hydrogen-bond donors (Lipinski definition) is 0. The summed E-state index contributed by atoms with van der Waals surface area (Å²) in [6.45, 7) is 11.2. The molecule has 4 rings (SSSR count). The fourth-order valence-corrected chi connectivity index (χ4v) is 5.25. The molecule has 0 bridgehead atoms. The Balaban J connectivity index is 1.72. The number of amides is 1. The fourth-order valence-electron chi connectivity index (χ4n) is 3.99. The number of nitrogens with zero attached hydrogens (tertiary/aromatic N) is 4. The lowest BCUT2D eigenvalue weighted by Gasteiger charge is -2.35. The van der Waals surface area contributed by atoms with Gasteiger partial charge < -0.3 is 14.5 Å². The van der Waals surface area contributed by atoms with Crippen LogP contribution in [0.3, 0.4) is 0 Å². The first-order valence-corrected chi connectivity index (χ1v) is 11.8. The lowest BCUT2D eigenvalue weighted by Crippen LogP contribution is -2.49. The SMILES string of the molecule is CCOC(=O)N1CCN(c2nc(Cl)nc3sc(C)c(-c4ccc(C(C)C)cc4)c23)CC1. The number of anilines is 1. The highest BCUT2D eigenvalue weighted by Crippen LogP contribution is 2.42. The Morgan fingerprint density at radius 3 is 2.45 bits per heavy atom. The summed E-state index contributed by atoms with van der Waals surface area (Å²) in [7, 11) is 0. The third-order valence-electron chi connectivity index (χ3n) is 5.65. The standard InChI is InChI=1S/C23H27ClN4O2S/c1-5-30-23(29)28-12-10-27(11-13-28)20-19-18(15(4)31-21(19)26-22(24)25-20)17-8-6-16(7-9-17)14(2)3/h6-9,14H,5,10-13H2,1-4H3. The third kappa shape index (κ3) is 4.34. The van der Waals surface area contributed by atoms with Gasteiger partial charge in [-0.2, -0.15) is 4.98 Å². The van der Waals surface area contributed by atoms with Crippen molar-refractivity contribution in [1.29, 1.82) is 0 Å². The Hall–Kier alpha value is -2.38. The zero-order valence-electron chi connectivity index (χ0n) is 18.3. The zero-order valence-corrected chi connectivity index (χ0v) is 19.9. The molecule has 1 saturated heterocycles. The Labute approximate surface area is 191 Å². The van der Waals surface area contributed by atoms with Gasteiger partial charge in [-0.25, -0.2) is 9.78 Å². The Morgan fingerprint density at radius 1 is 1.16 bits per heavy atom. The molecule has 1 aromatic carbocycles. The molecule has 8 heteroatoms. The van der Waals surface area contributed by atoms with Crippen LogP contribution < -0.4 is 4.90 Å². The van der Waals surface area contributed by atoms with Gasteiger partial charge in [-0.1, -0.05) is 38.1 Å². The summed E-state index contributed by atoms with van der Waals surface area (Å²) < 4.78 is 5.14.